The summed E-state index contributed by atoms with van der Waals surface area (Å²) < 4.78 is 12.6. The van der Waals surface area contributed by atoms with E-state index in [2.05, 4.69) is 29.3 Å². The minimum absolute atomic E-state index is 0.100. The van der Waals surface area contributed by atoms with Crippen LogP contribution in [0.1, 0.15) is 33.7 Å². The van der Waals surface area contributed by atoms with E-state index < -0.39 is 0 Å². The zero-order chi connectivity index (χ0) is 22.8. The summed E-state index contributed by atoms with van der Waals surface area (Å²) in [5, 5.41) is 4.84. The molecular weight excluding hydrogens is 414 g/mol. The van der Waals surface area contributed by atoms with Gasteiger partial charge in [-0.05, 0) is 35.6 Å². The summed E-state index contributed by atoms with van der Waals surface area (Å²) in [5.74, 6) is 0.992. The van der Waals surface area contributed by atoms with Crippen molar-refractivity contribution in [2.75, 3.05) is 14.2 Å². The van der Waals surface area contributed by atoms with Gasteiger partial charge in [-0.1, -0.05) is 54.6 Å². The van der Waals surface area contributed by atoms with E-state index in [0.717, 1.165) is 45.9 Å². The van der Waals surface area contributed by atoms with Crippen molar-refractivity contribution in [2.45, 2.75) is 19.4 Å². The molecule has 6 heteroatoms. The van der Waals surface area contributed by atoms with Gasteiger partial charge in [0.25, 0.3) is 0 Å². The monoisotopic (exact) mass is 439 g/mol. The minimum Gasteiger partial charge on any atom is -0.497 e. The van der Waals surface area contributed by atoms with Crippen LogP contribution in [-0.4, -0.2) is 34.6 Å². The fourth-order valence-corrected chi connectivity index (χ4v) is 4.41. The molecule has 6 nitrogen and oxygen atoms in total. The first-order valence-corrected chi connectivity index (χ1v) is 11.0. The molecule has 2 aromatic heterocycles. The number of Topliss-reactive ketones (excluding diaryl/α,β-unsaturated/α-hetero) is 1. The Labute approximate surface area is 192 Å². The molecule has 0 saturated heterocycles. The quantitative estimate of drug-likeness (QED) is 0.423. The number of hydrogen-bond acceptors (Lipinski definition) is 5. The van der Waals surface area contributed by atoms with Gasteiger partial charge in [-0.15, -0.1) is 0 Å². The second-order valence-electron chi connectivity index (χ2n) is 8.20. The van der Waals surface area contributed by atoms with E-state index in [-0.39, 0.29) is 11.7 Å². The molecule has 0 radical (unpaired) electrons. The first kappa shape index (κ1) is 21.1. The number of benzene rings is 2. The molecule has 0 aliphatic heterocycles. The number of hydrogen-bond donors (Lipinski definition) is 0. The van der Waals surface area contributed by atoms with Crippen LogP contribution in [0.15, 0.2) is 66.9 Å². The molecule has 1 unspecified atom stereocenters. The Kier molecular flexibility index (Phi) is 5.75. The van der Waals surface area contributed by atoms with Gasteiger partial charge in [0, 0.05) is 19.7 Å². The van der Waals surface area contributed by atoms with Crippen LogP contribution in [0.25, 0.3) is 22.9 Å². The fourth-order valence-electron chi connectivity index (χ4n) is 4.41. The third-order valence-corrected chi connectivity index (χ3v) is 6.04. The Morgan fingerprint density at radius 3 is 2.58 bits per heavy atom. The van der Waals surface area contributed by atoms with Gasteiger partial charge in [-0.3, -0.25) is 4.79 Å². The summed E-state index contributed by atoms with van der Waals surface area (Å²) in [6.45, 7) is 0.352. The zero-order valence-electron chi connectivity index (χ0n) is 18.7. The van der Waals surface area contributed by atoms with E-state index in [9.17, 15) is 4.79 Å². The SMILES string of the molecule is COCc1nn2c3c(cnc2c1-c1ccc(OC)cc1)C(=O)CC(/C=C/c1ccccc1)C3. The number of allylic oxidation sites excluding steroid dienone is 1. The molecule has 1 aliphatic carbocycles. The molecule has 4 aromatic rings. The highest BCUT2D eigenvalue weighted by Gasteiger charge is 2.28. The first-order chi connectivity index (χ1) is 16.2. The van der Waals surface area contributed by atoms with Crippen LogP contribution in [0.3, 0.4) is 0 Å². The second kappa shape index (κ2) is 9.00. The standard InChI is InChI=1S/C27H25N3O3/c1-32-17-23-26(20-10-12-21(33-2)13-11-20)27-28-16-22-24(30(27)29-23)14-19(15-25(22)31)9-8-18-6-4-3-5-7-18/h3-13,16,19H,14-15,17H2,1-2H3/b9-8+. The number of methoxy groups -OCH3 is 2. The summed E-state index contributed by atoms with van der Waals surface area (Å²) in [4.78, 5) is 17.6. The number of rotatable bonds is 6. The first-order valence-electron chi connectivity index (χ1n) is 11.0. The summed E-state index contributed by atoms with van der Waals surface area (Å²) in [5.41, 5.74) is 6.09. The van der Waals surface area contributed by atoms with Gasteiger partial charge in [-0.25, -0.2) is 9.50 Å². The van der Waals surface area contributed by atoms with Crippen LogP contribution in [0.4, 0.5) is 0 Å². The Morgan fingerprint density at radius 1 is 1.06 bits per heavy atom. The van der Waals surface area contributed by atoms with Crippen LogP contribution in [0.5, 0.6) is 5.75 Å². The lowest BCUT2D eigenvalue weighted by molar-refractivity contribution is 0.0957. The summed E-state index contributed by atoms with van der Waals surface area (Å²) in [7, 11) is 3.30. The fraction of sp³-hybridized carbons (Fsp3) is 0.222. The molecule has 5 rings (SSSR count). The van der Waals surface area contributed by atoms with Crippen molar-refractivity contribution in [3.8, 4) is 16.9 Å². The Hall–Kier alpha value is -3.77. The Balaban J connectivity index is 1.58. The highest BCUT2D eigenvalue weighted by molar-refractivity contribution is 5.98. The molecule has 0 N–H and O–H groups in total. The van der Waals surface area contributed by atoms with E-state index in [1.165, 1.54) is 0 Å². The molecule has 0 spiro atoms. The summed E-state index contributed by atoms with van der Waals surface area (Å²) in [6.07, 6.45) is 7.12. The minimum atomic E-state index is 0.100. The molecule has 0 saturated carbocycles. The second-order valence-corrected chi connectivity index (χ2v) is 8.20. The lowest BCUT2D eigenvalue weighted by atomic mass is 9.86. The maximum atomic E-state index is 13.0. The number of fused-ring (bicyclic) bond motifs is 3. The van der Waals surface area contributed by atoms with E-state index in [1.807, 2.05) is 47.0 Å². The zero-order valence-corrected chi connectivity index (χ0v) is 18.7. The molecular formula is C27H25N3O3. The van der Waals surface area contributed by atoms with Gasteiger partial charge >= 0.3 is 0 Å². The maximum Gasteiger partial charge on any atom is 0.166 e. The average molecular weight is 440 g/mol. The maximum absolute atomic E-state index is 13.0. The van der Waals surface area contributed by atoms with E-state index in [1.54, 1.807) is 20.4 Å². The number of ether oxygens (including phenoxy) is 2. The van der Waals surface area contributed by atoms with Crippen LogP contribution >= 0.6 is 0 Å². The smallest absolute Gasteiger partial charge is 0.166 e. The van der Waals surface area contributed by atoms with Crippen molar-refractivity contribution < 1.29 is 14.3 Å². The molecule has 0 amide bonds. The van der Waals surface area contributed by atoms with Crippen LogP contribution in [0, 0.1) is 5.92 Å². The number of aromatic nitrogens is 3. The highest BCUT2D eigenvalue weighted by atomic mass is 16.5. The van der Waals surface area contributed by atoms with Gasteiger partial charge in [0.15, 0.2) is 11.4 Å². The molecule has 33 heavy (non-hydrogen) atoms. The van der Waals surface area contributed by atoms with Gasteiger partial charge in [0.2, 0.25) is 0 Å². The Morgan fingerprint density at radius 2 is 1.85 bits per heavy atom. The van der Waals surface area contributed by atoms with Gasteiger partial charge in [0.1, 0.15) is 5.75 Å². The van der Waals surface area contributed by atoms with Gasteiger partial charge < -0.3 is 9.47 Å². The van der Waals surface area contributed by atoms with Crippen molar-refractivity contribution in [2.24, 2.45) is 5.92 Å². The largest absolute Gasteiger partial charge is 0.497 e. The van der Waals surface area contributed by atoms with E-state index in [4.69, 9.17) is 14.6 Å². The van der Waals surface area contributed by atoms with Crippen LogP contribution in [0.2, 0.25) is 0 Å². The van der Waals surface area contributed by atoms with Crippen LogP contribution in [-0.2, 0) is 17.8 Å². The average Bonchev–Trinajstić information content (AvgIpc) is 3.22. The molecule has 2 heterocycles. The summed E-state index contributed by atoms with van der Waals surface area (Å²) >= 11 is 0. The normalized spacial score (nSPS) is 15.8. The van der Waals surface area contributed by atoms with E-state index in [0.29, 0.717) is 18.6 Å². The van der Waals surface area contributed by atoms with Gasteiger partial charge in [-0.2, -0.15) is 5.10 Å². The molecule has 166 valence electrons. The molecule has 1 atom stereocenters. The Bertz CT molecular complexity index is 1320. The number of carbonyl (C=O) groups is 1. The third-order valence-electron chi connectivity index (χ3n) is 6.04. The number of ketones is 1. The molecule has 0 fully saturated rings. The van der Waals surface area contributed by atoms with Crippen LogP contribution < -0.4 is 4.74 Å². The third kappa shape index (κ3) is 4.05. The number of nitrogens with zero attached hydrogens (tertiary/aromatic N) is 3. The van der Waals surface area contributed by atoms with E-state index >= 15 is 0 Å². The number of carbonyl (C=O) groups excluding carboxylic acids is 1. The summed E-state index contributed by atoms with van der Waals surface area (Å²) in [6, 6.07) is 18.0. The van der Waals surface area contributed by atoms with Crippen molar-refractivity contribution in [3.63, 3.8) is 0 Å². The topological polar surface area (TPSA) is 65.7 Å². The van der Waals surface area contributed by atoms with Crippen molar-refractivity contribution in [1.82, 2.24) is 14.6 Å². The lowest BCUT2D eigenvalue weighted by Gasteiger charge is -2.21. The molecule has 1 aliphatic rings. The van der Waals surface area contributed by atoms with Crippen molar-refractivity contribution >= 4 is 17.5 Å². The molecule has 0 bridgehead atoms. The van der Waals surface area contributed by atoms with Crippen molar-refractivity contribution in [3.05, 3.63) is 89.4 Å². The highest BCUT2D eigenvalue weighted by Crippen LogP contribution is 2.33. The lowest BCUT2D eigenvalue weighted by Crippen LogP contribution is -2.22. The predicted octanol–water partition coefficient (Wildman–Crippen LogP) is 5.01. The van der Waals surface area contributed by atoms with Crippen molar-refractivity contribution in [1.29, 1.82) is 0 Å². The predicted molar refractivity (Wildman–Crippen MR) is 127 cm³/mol. The van der Waals surface area contributed by atoms with Gasteiger partial charge in [0.05, 0.1) is 36.2 Å². The molecule has 2 aromatic carbocycles.